The van der Waals surface area contributed by atoms with Crippen molar-refractivity contribution in [2.24, 2.45) is 5.92 Å². The Kier molecular flexibility index (Phi) is 5.14. The van der Waals surface area contributed by atoms with E-state index in [0.29, 0.717) is 6.04 Å². The SMILES string of the molecule is Brc1cccc([C@@H](C2CCCCC2)N2CCNCC2)c1. The zero-order valence-corrected chi connectivity index (χ0v) is 13.7. The van der Waals surface area contributed by atoms with E-state index in [9.17, 15) is 0 Å². The molecule has 1 atom stereocenters. The molecule has 0 aromatic heterocycles. The fourth-order valence-corrected chi connectivity index (χ4v) is 4.30. The summed E-state index contributed by atoms with van der Waals surface area (Å²) in [6.07, 6.45) is 7.08. The number of hydrogen-bond acceptors (Lipinski definition) is 2. The fraction of sp³-hybridized carbons (Fsp3) is 0.647. The van der Waals surface area contributed by atoms with Crippen molar-refractivity contribution in [3.8, 4) is 0 Å². The van der Waals surface area contributed by atoms with Gasteiger partial charge in [-0.25, -0.2) is 0 Å². The van der Waals surface area contributed by atoms with Crippen LogP contribution in [0.5, 0.6) is 0 Å². The lowest BCUT2D eigenvalue weighted by molar-refractivity contribution is 0.103. The van der Waals surface area contributed by atoms with Gasteiger partial charge in [0.1, 0.15) is 0 Å². The van der Waals surface area contributed by atoms with Gasteiger partial charge in [0.2, 0.25) is 0 Å². The van der Waals surface area contributed by atoms with E-state index < -0.39 is 0 Å². The van der Waals surface area contributed by atoms with Crippen LogP contribution in [-0.2, 0) is 0 Å². The molecule has 2 aliphatic rings. The monoisotopic (exact) mass is 336 g/mol. The van der Waals surface area contributed by atoms with Crippen molar-refractivity contribution >= 4 is 15.9 Å². The van der Waals surface area contributed by atoms with Gasteiger partial charge in [0.25, 0.3) is 0 Å². The molecule has 1 saturated carbocycles. The number of hydrogen-bond donors (Lipinski definition) is 1. The van der Waals surface area contributed by atoms with Crippen molar-refractivity contribution in [1.29, 1.82) is 0 Å². The number of halogens is 1. The highest BCUT2D eigenvalue weighted by Gasteiger charge is 2.30. The molecule has 1 aromatic rings. The number of nitrogens with zero attached hydrogens (tertiary/aromatic N) is 1. The minimum absolute atomic E-state index is 0.620. The summed E-state index contributed by atoms with van der Waals surface area (Å²) in [7, 11) is 0. The topological polar surface area (TPSA) is 15.3 Å². The van der Waals surface area contributed by atoms with Crippen molar-refractivity contribution in [3.63, 3.8) is 0 Å². The van der Waals surface area contributed by atoms with Crippen LogP contribution in [0.4, 0.5) is 0 Å². The van der Waals surface area contributed by atoms with E-state index in [1.807, 2.05) is 0 Å². The second-order valence-corrected chi connectivity index (χ2v) is 7.10. The number of rotatable bonds is 3. The van der Waals surface area contributed by atoms with Gasteiger partial charge in [-0.1, -0.05) is 47.3 Å². The molecule has 1 aliphatic heterocycles. The fourth-order valence-electron chi connectivity index (χ4n) is 3.88. The molecule has 0 amide bonds. The molecule has 3 rings (SSSR count). The Morgan fingerprint density at radius 1 is 1.10 bits per heavy atom. The molecule has 0 radical (unpaired) electrons. The quantitative estimate of drug-likeness (QED) is 0.898. The van der Waals surface area contributed by atoms with Gasteiger partial charge in [0.15, 0.2) is 0 Å². The molecular weight excluding hydrogens is 312 g/mol. The molecule has 0 spiro atoms. The number of benzene rings is 1. The number of nitrogens with one attached hydrogen (secondary N) is 1. The van der Waals surface area contributed by atoms with Crippen LogP contribution in [0.15, 0.2) is 28.7 Å². The third-order valence-corrected chi connectivity index (χ3v) is 5.32. The van der Waals surface area contributed by atoms with Crippen LogP contribution in [0.3, 0.4) is 0 Å². The van der Waals surface area contributed by atoms with Crippen LogP contribution in [0.2, 0.25) is 0 Å². The minimum Gasteiger partial charge on any atom is -0.314 e. The lowest BCUT2D eigenvalue weighted by Gasteiger charge is -2.41. The summed E-state index contributed by atoms with van der Waals surface area (Å²) in [6, 6.07) is 9.61. The molecular formula is C17H25BrN2. The summed E-state index contributed by atoms with van der Waals surface area (Å²) in [4.78, 5) is 2.72. The summed E-state index contributed by atoms with van der Waals surface area (Å²) in [6.45, 7) is 4.65. The van der Waals surface area contributed by atoms with Gasteiger partial charge in [-0.3, -0.25) is 4.90 Å². The smallest absolute Gasteiger partial charge is 0.0377 e. The zero-order valence-electron chi connectivity index (χ0n) is 12.2. The Balaban J connectivity index is 1.85. The Morgan fingerprint density at radius 3 is 2.55 bits per heavy atom. The molecule has 1 N–H and O–H groups in total. The molecule has 110 valence electrons. The molecule has 0 unspecified atom stereocenters. The van der Waals surface area contributed by atoms with Crippen molar-refractivity contribution in [2.45, 2.75) is 38.1 Å². The van der Waals surface area contributed by atoms with Crippen LogP contribution in [0.25, 0.3) is 0 Å². The molecule has 2 fully saturated rings. The predicted molar refractivity (Wildman–Crippen MR) is 87.9 cm³/mol. The standard InChI is InChI=1S/C17H25BrN2/c18-16-8-4-7-15(13-16)17(14-5-2-1-3-6-14)20-11-9-19-10-12-20/h4,7-8,13-14,17,19H,1-3,5-6,9-12H2/t17-/m1/s1. The van der Waals surface area contributed by atoms with Crippen molar-refractivity contribution in [3.05, 3.63) is 34.3 Å². The van der Waals surface area contributed by atoms with E-state index in [-0.39, 0.29) is 0 Å². The lowest BCUT2D eigenvalue weighted by atomic mass is 9.80. The molecule has 1 aromatic carbocycles. The molecule has 20 heavy (non-hydrogen) atoms. The lowest BCUT2D eigenvalue weighted by Crippen LogP contribution is -2.47. The van der Waals surface area contributed by atoms with E-state index in [1.165, 1.54) is 55.2 Å². The average Bonchev–Trinajstić information content (AvgIpc) is 2.50. The first kappa shape index (κ1) is 14.6. The van der Waals surface area contributed by atoms with E-state index in [2.05, 4.69) is 50.4 Å². The molecule has 2 nitrogen and oxygen atoms in total. The van der Waals surface area contributed by atoms with Gasteiger partial charge in [0, 0.05) is 36.7 Å². The second-order valence-electron chi connectivity index (χ2n) is 6.18. The van der Waals surface area contributed by atoms with Crippen LogP contribution in [-0.4, -0.2) is 31.1 Å². The predicted octanol–water partition coefficient (Wildman–Crippen LogP) is 3.98. The van der Waals surface area contributed by atoms with Crippen molar-refractivity contribution in [1.82, 2.24) is 10.2 Å². The molecule has 3 heteroatoms. The molecule has 1 heterocycles. The Morgan fingerprint density at radius 2 is 1.85 bits per heavy atom. The largest absolute Gasteiger partial charge is 0.314 e. The summed E-state index contributed by atoms with van der Waals surface area (Å²) in [5.74, 6) is 0.844. The minimum atomic E-state index is 0.620. The highest BCUT2D eigenvalue weighted by atomic mass is 79.9. The van der Waals surface area contributed by atoms with Crippen molar-refractivity contribution in [2.75, 3.05) is 26.2 Å². The summed E-state index contributed by atoms with van der Waals surface area (Å²) in [5, 5.41) is 3.48. The average molecular weight is 337 g/mol. The first-order valence-corrected chi connectivity index (χ1v) is 8.84. The third kappa shape index (κ3) is 3.44. The Labute approximate surface area is 131 Å². The van der Waals surface area contributed by atoms with Gasteiger partial charge in [-0.15, -0.1) is 0 Å². The molecule has 1 aliphatic carbocycles. The van der Waals surface area contributed by atoms with Crippen LogP contribution in [0.1, 0.15) is 43.7 Å². The van der Waals surface area contributed by atoms with Gasteiger partial charge >= 0.3 is 0 Å². The van der Waals surface area contributed by atoms with Gasteiger partial charge in [0.05, 0.1) is 0 Å². The van der Waals surface area contributed by atoms with Gasteiger partial charge < -0.3 is 5.32 Å². The molecule has 0 bridgehead atoms. The highest BCUT2D eigenvalue weighted by Crippen LogP contribution is 2.39. The van der Waals surface area contributed by atoms with Gasteiger partial charge in [-0.05, 0) is 36.5 Å². The van der Waals surface area contributed by atoms with Crippen LogP contribution < -0.4 is 5.32 Å². The maximum absolute atomic E-state index is 3.65. The third-order valence-electron chi connectivity index (χ3n) is 4.83. The van der Waals surface area contributed by atoms with Crippen LogP contribution >= 0.6 is 15.9 Å². The Hall–Kier alpha value is -0.380. The number of piperazine rings is 1. The summed E-state index contributed by atoms with van der Waals surface area (Å²) in [5.41, 5.74) is 1.51. The highest BCUT2D eigenvalue weighted by molar-refractivity contribution is 9.10. The zero-order chi connectivity index (χ0) is 13.8. The van der Waals surface area contributed by atoms with E-state index >= 15 is 0 Å². The van der Waals surface area contributed by atoms with Crippen molar-refractivity contribution < 1.29 is 0 Å². The first-order chi connectivity index (χ1) is 9.84. The normalized spacial score (nSPS) is 23.6. The van der Waals surface area contributed by atoms with E-state index in [0.717, 1.165) is 19.0 Å². The molecule has 1 saturated heterocycles. The summed E-state index contributed by atoms with van der Waals surface area (Å²) < 4.78 is 1.21. The maximum Gasteiger partial charge on any atom is 0.0377 e. The summed E-state index contributed by atoms with van der Waals surface area (Å²) >= 11 is 3.65. The first-order valence-electron chi connectivity index (χ1n) is 8.05. The Bertz CT molecular complexity index is 405. The van der Waals surface area contributed by atoms with E-state index in [1.54, 1.807) is 0 Å². The van der Waals surface area contributed by atoms with Gasteiger partial charge in [-0.2, -0.15) is 0 Å². The second kappa shape index (κ2) is 7.06. The maximum atomic E-state index is 3.65. The van der Waals surface area contributed by atoms with Crippen LogP contribution in [0, 0.1) is 5.92 Å². The van der Waals surface area contributed by atoms with E-state index in [4.69, 9.17) is 0 Å².